The molecule has 0 aromatic carbocycles. The van der Waals surface area contributed by atoms with E-state index in [1.165, 1.54) is 5.56 Å². The van der Waals surface area contributed by atoms with Gasteiger partial charge in [-0.25, -0.2) is 23.1 Å². The number of nitrogens with one attached hydrogen (secondary N) is 2. The third kappa shape index (κ3) is 3.37. The third-order valence-electron chi connectivity index (χ3n) is 2.66. The zero-order valence-electron chi connectivity index (χ0n) is 9.73. The molecule has 2 rings (SSSR count). The summed E-state index contributed by atoms with van der Waals surface area (Å²) in [4.78, 5) is 8.41. The van der Waals surface area contributed by atoms with E-state index in [1.807, 2.05) is 0 Å². The molecule has 0 saturated carbocycles. The average molecular weight is 256 g/mol. The second kappa shape index (κ2) is 4.97. The van der Waals surface area contributed by atoms with Crippen molar-refractivity contribution < 1.29 is 8.42 Å². The van der Waals surface area contributed by atoms with E-state index in [1.54, 1.807) is 6.33 Å². The highest BCUT2D eigenvalue weighted by atomic mass is 32.2. The first-order chi connectivity index (χ1) is 8.06. The van der Waals surface area contributed by atoms with Gasteiger partial charge in [0, 0.05) is 24.3 Å². The summed E-state index contributed by atoms with van der Waals surface area (Å²) in [5.41, 5.74) is 2.28. The van der Waals surface area contributed by atoms with Crippen molar-refractivity contribution in [2.24, 2.45) is 0 Å². The van der Waals surface area contributed by atoms with Gasteiger partial charge in [-0.1, -0.05) is 0 Å². The standard InChI is InChI=1S/C10H16N4O2S/c1-17(15,16)14-6-5-11-10-8-3-2-4-9(8)12-7-13-10/h7,14H,2-6H2,1H3,(H,11,12,13). The molecule has 0 atom stereocenters. The molecule has 0 radical (unpaired) electrons. The highest BCUT2D eigenvalue weighted by Crippen LogP contribution is 2.24. The fourth-order valence-corrected chi connectivity index (χ4v) is 2.40. The molecule has 0 spiro atoms. The van der Waals surface area contributed by atoms with Crippen molar-refractivity contribution in [3.63, 3.8) is 0 Å². The first-order valence-electron chi connectivity index (χ1n) is 5.57. The summed E-state index contributed by atoms with van der Waals surface area (Å²) in [6.07, 6.45) is 5.82. The van der Waals surface area contributed by atoms with Gasteiger partial charge in [0.1, 0.15) is 12.1 Å². The van der Waals surface area contributed by atoms with Crippen molar-refractivity contribution in [3.05, 3.63) is 17.6 Å². The molecule has 1 heterocycles. The molecule has 2 N–H and O–H groups in total. The molecular formula is C10H16N4O2S. The zero-order valence-corrected chi connectivity index (χ0v) is 10.5. The molecule has 1 aliphatic rings. The molecule has 0 saturated heterocycles. The monoisotopic (exact) mass is 256 g/mol. The second-order valence-electron chi connectivity index (χ2n) is 4.09. The topological polar surface area (TPSA) is 84.0 Å². The molecule has 1 aliphatic carbocycles. The molecule has 7 heteroatoms. The Bertz CT molecular complexity index is 501. The molecule has 17 heavy (non-hydrogen) atoms. The van der Waals surface area contributed by atoms with Gasteiger partial charge in [0.25, 0.3) is 0 Å². The van der Waals surface area contributed by atoms with Gasteiger partial charge in [0.15, 0.2) is 0 Å². The first-order valence-corrected chi connectivity index (χ1v) is 7.46. The van der Waals surface area contributed by atoms with Crippen molar-refractivity contribution in [1.82, 2.24) is 14.7 Å². The smallest absolute Gasteiger partial charge is 0.208 e. The minimum Gasteiger partial charge on any atom is -0.368 e. The van der Waals surface area contributed by atoms with E-state index in [9.17, 15) is 8.42 Å². The van der Waals surface area contributed by atoms with Crippen LogP contribution in [0.2, 0.25) is 0 Å². The summed E-state index contributed by atoms with van der Waals surface area (Å²) >= 11 is 0. The molecule has 0 amide bonds. The largest absolute Gasteiger partial charge is 0.368 e. The Labute approximate surface area is 101 Å². The summed E-state index contributed by atoms with van der Waals surface area (Å²) in [6.45, 7) is 0.883. The second-order valence-corrected chi connectivity index (χ2v) is 5.93. The quantitative estimate of drug-likeness (QED) is 0.720. The average Bonchev–Trinajstić information content (AvgIpc) is 2.71. The summed E-state index contributed by atoms with van der Waals surface area (Å²) in [5, 5.41) is 3.14. The third-order valence-corrected chi connectivity index (χ3v) is 3.39. The summed E-state index contributed by atoms with van der Waals surface area (Å²) in [6, 6.07) is 0. The summed E-state index contributed by atoms with van der Waals surface area (Å²) in [5.74, 6) is 0.836. The number of hydrogen-bond donors (Lipinski definition) is 2. The van der Waals surface area contributed by atoms with Gasteiger partial charge in [0.05, 0.1) is 6.26 Å². The van der Waals surface area contributed by atoms with Gasteiger partial charge < -0.3 is 5.32 Å². The van der Waals surface area contributed by atoms with Crippen molar-refractivity contribution in [3.8, 4) is 0 Å². The number of aryl methyl sites for hydroxylation is 1. The number of sulfonamides is 1. The maximum Gasteiger partial charge on any atom is 0.208 e. The van der Waals surface area contributed by atoms with Gasteiger partial charge in [0.2, 0.25) is 10.0 Å². The van der Waals surface area contributed by atoms with Crippen LogP contribution in [0.25, 0.3) is 0 Å². The maximum atomic E-state index is 10.9. The Kier molecular flexibility index (Phi) is 3.58. The van der Waals surface area contributed by atoms with E-state index >= 15 is 0 Å². The molecule has 6 nitrogen and oxygen atoms in total. The number of anilines is 1. The summed E-state index contributed by atoms with van der Waals surface area (Å²) in [7, 11) is -3.11. The predicted octanol–water partition coefficient (Wildman–Crippen LogP) is -0.0736. The Hall–Kier alpha value is -1.21. The van der Waals surface area contributed by atoms with Crippen LogP contribution in [0, 0.1) is 0 Å². The molecule has 0 fully saturated rings. The van der Waals surface area contributed by atoms with E-state index in [0.29, 0.717) is 13.1 Å². The molecule has 0 aliphatic heterocycles. The van der Waals surface area contributed by atoms with E-state index in [2.05, 4.69) is 20.0 Å². The lowest BCUT2D eigenvalue weighted by Gasteiger charge is -2.09. The van der Waals surface area contributed by atoms with Crippen molar-refractivity contribution in [2.75, 3.05) is 24.7 Å². The normalized spacial score (nSPS) is 14.6. The lowest BCUT2D eigenvalue weighted by molar-refractivity contribution is 0.589. The number of hydrogen-bond acceptors (Lipinski definition) is 5. The van der Waals surface area contributed by atoms with Crippen molar-refractivity contribution >= 4 is 15.8 Å². The fourth-order valence-electron chi connectivity index (χ4n) is 1.93. The van der Waals surface area contributed by atoms with Gasteiger partial charge in [-0.05, 0) is 19.3 Å². The number of nitrogens with zero attached hydrogens (tertiary/aromatic N) is 2. The van der Waals surface area contributed by atoms with Gasteiger partial charge >= 0.3 is 0 Å². The van der Waals surface area contributed by atoms with Crippen LogP contribution in [0.15, 0.2) is 6.33 Å². The predicted molar refractivity (Wildman–Crippen MR) is 65.4 cm³/mol. The van der Waals surface area contributed by atoms with Crippen LogP contribution >= 0.6 is 0 Å². The summed E-state index contributed by atoms with van der Waals surface area (Å²) < 4.78 is 24.2. The van der Waals surface area contributed by atoms with E-state index in [0.717, 1.165) is 37.0 Å². The maximum absolute atomic E-state index is 10.9. The van der Waals surface area contributed by atoms with E-state index in [-0.39, 0.29) is 0 Å². The number of aromatic nitrogens is 2. The van der Waals surface area contributed by atoms with Crippen LogP contribution in [-0.2, 0) is 22.9 Å². The molecule has 0 unspecified atom stereocenters. The zero-order chi connectivity index (χ0) is 12.3. The highest BCUT2D eigenvalue weighted by Gasteiger charge is 2.16. The highest BCUT2D eigenvalue weighted by molar-refractivity contribution is 7.88. The molecule has 1 aromatic rings. The van der Waals surface area contributed by atoms with Crippen LogP contribution in [0.3, 0.4) is 0 Å². The van der Waals surface area contributed by atoms with E-state index < -0.39 is 10.0 Å². The van der Waals surface area contributed by atoms with Crippen molar-refractivity contribution in [2.45, 2.75) is 19.3 Å². The minimum atomic E-state index is -3.11. The van der Waals surface area contributed by atoms with Crippen LogP contribution in [-0.4, -0.2) is 37.7 Å². The van der Waals surface area contributed by atoms with Gasteiger partial charge in [-0.15, -0.1) is 0 Å². The molecular weight excluding hydrogens is 240 g/mol. The Balaban J connectivity index is 1.90. The van der Waals surface area contributed by atoms with Crippen LogP contribution in [0.5, 0.6) is 0 Å². The SMILES string of the molecule is CS(=O)(=O)NCCNc1ncnc2c1CCC2. The molecule has 1 aromatic heterocycles. The van der Waals surface area contributed by atoms with E-state index in [4.69, 9.17) is 0 Å². The van der Waals surface area contributed by atoms with Crippen LogP contribution in [0.4, 0.5) is 5.82 Å². The number of rotatable bonds is 5. The van der Waals surface area contributed by atoms with Crippen LogP contribution in [0.1, 0.15) is 17.7 Å². The number of fused-ring (bicyclic) bond motifs is 1. The Morgan fingerprint density at radius 3 is 2.88 bits per heavy atom. The molecule has 0 bridgehead atoms. The minimum absolute atomic E-state index is 0.359. The van der Waals surface area contributed by atoms with Crippen molar-refractivity contribution in [1.29, 1.82) is 0 Å². The van der Waals surface area contributed by atoms with Crippen LogP contribution < -0.4 is 10.0 Å². The Morgan fingerprint density at radius 1 is 1.29 bits per heavy atom. The Morgan fingerprint density at radius 2 is 2.12 bits per heavy atom. The first kappa shape index (κ1) is 12.3. The van der Waals surface area contributed by atoms with Gasteiger partial charge in [-0.2, -0.15) is 0 Å². The fraction of sp³-hybridized carbons (Fsp3) is 0.600. The lowest BCUT2D eigenvalue weighted by Crippen LogP contribution is -2.28. The molecule has 94 valence electrons. The van der Waals surface area contributed by atoms with Gasteiger partial charge in [-0.3, -0.25) is 0 Å². The lowest BCUT2D eigenvalue weighted by atomic mass is 10.2.